The summed E-state index contributed by atoms with van der Waals surface area (Å²) in [4.78, 5) is 17.7. The van der Waals surface area contributed by atoms with Crippen molar-refractivity contribution < 1.29 is 4.79 Å². The Labute approximate surface area is 112 Å². The first-order valence-corrected chi connectivity index (χ1v) is 6.01. The summed E-state index contributed by atoms with van der Waals surface area (Å²) >= 11 is 3.27. The van der Waals surface area contributed by atoms with Crippen LogP contribution in [0.3, 0.4) is 0 Å². The molecule has 0 spiro atoms. The first-order chi connectivity index (χ1) is 8.58. The number of nitrogens with one attached hydrogen (secondary N) is 1. The van der Waals surface area contributed by atoms with E-state index in [2.05, 4.69) is 31.1 Å². The maximum Gasteiger partial charge on any atom is 0.257 e. The fraction of sp³-hybridized carbons (Fsp3) is 0.182. The Bertz CT molecular complexity index is 555. The molecule has 0 aromatic carbocycles. The summed E-state index contributed by atoms with van der Waals surface area (Å²) in [5, 5.41) is 6.53. The number of hydrogen-bond donors (Lipinski definition) is 2. The molecule has 2 aromatic heterocycles. The van der Waals surface area contributed by atoms with E-state index in [0.29, 0.717) is 12.1 Å². The van der Waals surface area contributed by atoms with E-state index in [1.165, 1.54) is 0 Å². The number of carbonyl (C=O) groups is 1. The molecule has 3 N–H and O–H groups in total. The van der Waals surface area contributed by atoms with Crippen molar-refractivity contribution in [3.8, 4) is 0 Å². The summed E-state index contributed by atoms with van der Waals surface area (Å²) < 4.78 is 0.719. The number of halogens is 1. The molecule has 0 saturated heterocycles. The molecule has 2 rings (SSSR count). The average molecular weight is 310 g/mol. The number of aromatic nitrogens is 3. The lowest BCUT2D eigenvalue weighted by Crippen LogP contribution is -2.27. The number of nitrogen functional groups attached to an aromatic ring is 1. The highest BCUT2D eigenvalue weighted by atomic mass is 79.9. The van der Waals surface area contributed by atoms with Crippen molar-refractivity contribution in [2.75, 3.05) is 12.8 Å². The number of H-pyrrole nitrogens is 1. The molecule has 7 heteroatoms. The Morgan fingerprint density at radius 2 is 2.33 bits per heavy atom. The molecule has 94 valence electrons. The quantitative estimate of drug-likeness (QED) is 0.897. The van der Waals surface area contributed by atoms with Crippen molar-refractivity contribution in [1.82, 2.24) is 20.1 Å². The zero-order valence-electron chi connectivity index (χ0n) is 9.72. The molecule has 0 unspecified atom stereocenters. The number of anilines is 1. The number of nitrogens with two attached hydrogens (primary N) is 1. The molecule has 18 heavy (non-hydrogen) atoms. The van der Waals surface area contributed by atoms with E-state index in [0.717, 1.165) is 10.0 Å². The van der Waals surface area contributed by atoms with Crippen molar-refractivity contribution >= 4 is 27.7 Å². The lowest BCUT2D eigenvalue weighted by atomic mass is 10.2. The zero-order chi connectivity index (χ0) is 13.1. The molecule has 0 atom stereocenters. The highest BCUT2D eigenvalue weighted by Gasteiger charge is 2.16. The maximum absolute atomic E-state index is 12.2. The van der Waals surface area contributed by atoms with E-state index < -0.39 is 0 Å². The minimum absolute atomic E-state index is 0.178. The Morgan fingerprint density at radius 1 is 1.56 bits per heavy atom. The first kappa shape index (κ1) is 12.6. The molecule has 0 aliphatic rings. The van der Waals surface area contributed by atoms with E-state index in [9.17, 15) is 4.79 Å². The Balaban J connectivity index is 2.17. The molecule has 6 nitrogen and oxygen atoms in total. The van der Waals surface area contributed by atoms with E-state index >= 15 is 0 Å². The van der Waals surface area contributed by atoms with Crippen LogP contribution in [0.25, 0.3) is 0 Å². The monoisotopic (exact) mass is 309 g/mol. The lowest BCUT2D eigenvalue weighted by molar-refractivity contribution is 0.0786. The van der Waals surface area contributed by atoms with Gasteiger partial charge in [0.2, 0.25) is 0 Å². The SMILES string of the molecule is CN(Cc1cn[nH]c1)C(=O)c1cc(Br)cnc1N. The maximum atomic E-state index is 12.2. The average Bonchev–Trinajstić information content (AvgIpc) is 2.84. The summed E-state index contributed by atoms with van der Waals surface area (Å²) in [6.07, 6.45) is 4.97. The molecule has 0 bridgehead atoms. The van der Waals surface area contributed by atoms with Crippen LogP contribution < -0.4 is 5.73 Å². The van der Waals surface area contributed by atoms with Gasteiger partial charge in [-0.2, -0.15) is 5.10 Å². The molecule has 0 radical (unpaired) electrons. The molecular formula is C11H12BrN5O. The number of pyridine rings is 1. The van der Waals surface area contributed by atoms with Crippen LogP contribution in [0.4, 0.5) is 5.82 Å². The molecular weight excluding hydrogens is 298 g/mol. The normalized spacial score (nSPS) is 10.3. The van der Waals surface area contributed by atoms with Gasteiger partial charge in [0.15, 0.2) is 0 Å². The molecule has 0 saturated carbocycles. The van der Waals surface area contributed by atoms with Crippen LogP contribution in [-0.2, 0) is 6.54 Å². The van der Waals surface area contributed by atoms with Gasteiger partial charge in [0.05, 0.1) is 11.8 Å². The van der Waals surface area contributed by atoms with Gasteiger partial charge in [-0.3, -0.25) is 9.89 Å². The van der Waals surface area contributed by atoms with Crippen LogP contribution in [0, 0.1) is 0 Å². The van der Waals surface area contributed by atoms with Gasteiger partial charge in [-0.05, 0) is 22.0 Å². The highest BCUT2D eigenvalue weighted by Crippen LogP contribution is 2.17. The summed E-state index contributed by atoms with van der Waals surface area (Å²) in [5.74, 6) is 0.0461. The van der Waals surface area contributed by atoms with Gasteiger partial charge in [0.1, 0.15) is 5.82 Å². The van der Waals surface area contributed by atoms with Gasteiger partial charge in [-0.25, -0.2) is 4.98 Å². The summed E-state index contributed by atoms with van der Waals surface area (Å²) in [7, 11) is 1.70. The zero-order valence-corrected chi connectivity index (χ0v) is 11.3. The standard InChI is InChI=1S/C11H12BrN5O/c1-17(6-7-3-15-16-4-7)11(18)9-2-8(12)5-14-10(9)13/h2-5H,6H2,1H3,(H2,13,14)(H,15,16). The van der Waals surface area contributed by atoms with Crippen LogP contribution in [-0.4, -0.2) is 33.0 Å². The molecule has 0 aliphatic carbocycles. The number of aromatic amines is 1. The first-order valence-electron chi connectivity index (χ1n) is 5.22. The molecule has 0 aliphatic heterocycles. The smallest absolute Gasteiger partial charge is 0.257 e. The Hall–Kier alpha value is -1.89. The minimum atomic E-state index is -0.178. The van der Waals surface area contributed by atoms with E-state index in [1.54, 1.807) is 36.6 Å². The van der Waals surface area contributed by atoms with Gasteiger partial charge in [0.25, 0.3) is 5.91 Å². The van der Waals surface area contributed by atoms with Crippen LogP contribution in [0.5, 0.6) is 0 Å². The summed E-state index contributed by atoms with van der Waals surface area (Å²) in [5.41, 5.74) is 7.01. The van der Waals surface area contributed by atoms with E-state index in [4.69, 9.17) is 5.73 Å². The molecule has 1 amide bonds. The van der Waals surface area contributed by atoms with Gasteiger partial charge in [-0.1, -0.05) is 0 Å². The topological polar surface area (TPSA) is 87.9 Å². The Morgan fingerprint density at radius 3 is 3.00 bits per heavy atom. The lowest BCUT2D eigenvalue weighted by Gasteiger charge is -2.17. The van der Waals surface area contributed by atoms with Gasteiger partial charge < -0.3 is 10.6 Å². The number of hydrogen-bond acceptors (Lipinski definition) is 4. The fourth-order valence-corrected chi connectivity index (χ4v) is 1.87. The summed E-state index contributed by atoms with van der Waals surface area (Å²) in [6.45, 7) is 0.460. The second kappa shape index (κ2) is 5.18. The second-order valence-electron chi connectivity index (χ2n) is 3.85. The van der Waals surface area contributed by atoms with Crippen LogP contribution in [0.2, 0.25) is 0 Å². The highest BCUT2D eigenvalue weighted by molar-refractivity contribution is 9.10. The van der Waals surface area contributed by atoms with E-state index in [-0.39, 0.29) is 11.7 Å². The predicted molar refractivity (Wildman–Crippen MR) is 70.7 cm³/mol. The van der Waals surface area contributed by atoms with Crippen LogP contribution >= 0.6 is 15.9 Å². The number of carbonyl (C=O) groups excluding carboxylic acids is 1. The Kier molecular flexibility index (Phi) is 3.61. The van der Waals surface area contributed by atoms with Crippen molar-refractivity contribution in [3.63, 3.8) is 0 Å². The van der Waals surface area contributed by atoms with Crippen LogP contribution in [0.1, 0.15) is 15.9 Å². The second-order valence-corrected chi connectivity index (χ2v) is 4.77. The third-order valence-electron chi connectivity index (χ3n) is 2.44. The fourth-order valence-electron chi connectivity index (χ4n) is 1.54. The van der Waals surface area contributed by atoms with Crippen LogP contribution in [0.15, 0.2) is 29.1 Å². The van der Waals surface area contributed by atoms with Gasteiger partial charge >= 0.3 is 0 Å². The number of nitrogens with zero attached hydrogens (tertiary/aromatic N) is 3. The third-order valence-corrected chi connectivity index (χ3v) is 2.87. The summed E-state index contributed by atoms with van der Waals surface area (Å²) in [6, 6.07) is 1.66. The minimum Gasteiger partial charge on any atom is -0.383 e. The van der Waals surface area contributed by atoms with Crippen molar-refractivity contribution in [2.24, 2.45) is 0 Å². The number of amides is 1. The molecule has 0 fully saturated rings. The predicted octanol–water partition coefficient (Wildman–Crippen LogP) is 1.42. The van der Waals surface area contributed by atoms with Gasteiger partial charge in [0, 0.05) is 36.0 Å². The number of rotatable bonds is 3. The van der Waals surface area contributed by atoms with Crippen molar-refractivity contribution in [2.45, 2.75) is 6.54 Å². The van der Waals surface area contributed by atoms with Crippen molar-refractivity contribution in [3.05, 3.63) is 40.3 Å². The third kappa shape index (κ3) is 2.67. The van der Waals surface area contributed by atoms with E-state index in [1.807, 2.05) is 0 Å². The molecule has 2 heterocycles. The van der Waals surface area contributed by atoms with Crippen molar-refractivity contribution in [1.29, 1.82) is 0 Å². The molecule has 2 aromatic rings. The largest absolute Gasteiger partial charge is 0.383 e. The van der Waals surface area contributed by atoms with Gasteiger partial charge in [-0.15, -0.1) is 0 Å².